The van der Waals surface area contributed by atoms with Crippen LogP contribution in [0.25, 0.3) is 0 Å². The van der Waals surface area contributed by atoms with Gasteiger partial charge in [-0.3, -0.25) is 9.59 Å². The fraction of sp³-hybridized carbons (Fsp3) is 0.364. The van der Waals surface area contributed by atoms with Crippen LogP contribution in [-0.2, 0) is 4.79 Å². The first-order chi connectivity index (χ1) is 15.0. The van der Waals surface area contributed by atoms with Gasteiger partial charge in [0.2, 0.25) is 0 Å². The summed E-state index contributed by atoms with van der Waals surface area (Å²) in [5.41, 5.74) is -1.32. The zero-order valence-electron chi connectivity index (χ0n) is 16.6. The number of aliphatic hydroxyl groups is 1. The summed E-state index contributed by atoms with van der Waals surface area (Å²) >= 11 is 6.20. The quantitative estimate of drug-likeness (QED) is 0.567. The maximum absolute atomic E-state index is 13.8. The lowest BCUT2D eigenvalue weighted by molar-refractivity contribution is -0.200. The van der Waals surface area contributed by atoms with Gasteiger partial charge in [0.15, 0.2) is 0 Å². The van der Waals surface area contributed by atoms with Gasteiger partial charge < -0.3 is 15.7 Å². The summed E-state index contributed by atoms with van der Waals surface area (Å²) in [6.45, 7) is 0. The lowest BCUT2D eigenvalue weighted by atomic mass is 9.77. The number of fused-ring (bicyclic) bond motifs is 1. The molecule has 1 aliphatic heterocycles. The summed E-state index contributed by atoms with van der Waals surface area (Å²) in [5.74, 6) is -3.82. The Hall–Kier alpha value is -2.65. The van der Waals surface area contributed by atoms with E-state index in [0.29, 0.717) is 5.56 Å². The molecule has 1 aliphatic carbocycles. The van der Waals surface area contributed by atoms with Gasteiger partial charge in [-0.25, -0.2) is 4.39 Å². The largest absolute Gasteiger partial charge is 0.391 e. The average Bonchev–Trinajstić information content (AvgIpc) is 3.07. The monoisotopic (exact) mass is 470 g/mol. The molecule has 3 N–H and O–H groups in total. The normalized spacial score (nSPS) is 25.2. The molecule has 5 nitrogen and oxygen atoms in total. The average molecular weight is 471 g/mol. The Bertz CT molecular complexity index is 1090. The van der Waals surface area contributed by atoms with Crippen LogP contribution in [0.15, 0.2) is 36.4 Å². The lowest BCUT2D eigenvalue weighted by Crippen LogP contribution is -2.49. The van der Waals surface area contributed by atoms with E-state index in [1.807, 2.05) is 0 Å². The molecule has 2 aliphatic rings. The van der Waals surface area contributed by atoms with Crippen molar-refractivity contribution in [2.45, 2.75) is 43.5 Å². The number of anilines is 1. The standard InChI is InChI=1S/C22H19ClF4N2O3/c23-15-7-6-12(24)9-14(15)18-17-13(19(30)29-18)4-1-5-16(17)28-20(31)21(32)8-2-3-11(10-21)22(25,26)27/h1,4-7,9,11,18,32H,2-3,8,10H2,(H,28,31)(H,29,30). The zero-order valence-corrected chi connectivity index (χ0v) is 17.4. The predicted octanol–water partition coefficient (Wildman–Crippen LogP) is 4.73. The van der Waals surface area contributed by atoms with Crippen LogP contribution in [0.3, 0.4) is 0 Å². The minimum Gasteiger partial charge on any atom is -0.380 e. The fourth-order valence-electron chi connectivity index (χ4n) is 4.41. The number of halogens is 5. The second kappa shape index (κ2) is 8.04. The Morgan fingerprint density at radius 3 is 2.72 bits per heavy atom. The summed E-state index contributed by atoms with van der Waals surface area (Å²) in [5, 5.41) is 16.1. The van der Waals surface area contributed by atoms with E-state index in [2.05, 4.69) is 10.6 Å². The van der Waals surface area contributed by atoms with Crippen molar-refractivity contribution in [3.05, 3.63) is 63.9 Å². The van der Waals surface area contributed by atoms with Crippen molar-refractivity contribution in [2.24, 2.45) is 5.92 Å². The molecule has 1 fully saturated rings. The molecule has 170 valence electrons. The van der Waals surface area contributed by atoms with Gasteiger partial charge in [0, 0.05) is 27.4 Å². The molecule has 1 saturated carbocycles. The molecule has 2 aromatic carbocycles. The summed E-state index contributed by atoms with van der Waals surface area (Å²) in [6.07, 6.45) is -5.48. The molecule has 4 rings (SSSR count). The van der Waals surface area contributed by atoms with Crippen LogP contribution in [0.1, 0.15) is 53.2 Å². The van der Waals surface area contributed by atoms with E-state index < -0.39 is 47.8 Å². The van der Waals surface area contributed by atoms with Crippen molar-refractivity contribution >= 4 is 29.1 Å². The molecular weight excluding hydrogens is 452 g/mol. The van der Waals surface area contributed by atoms with Gasteiger partial charge in [0.1, 0.15) is 11.4 Å². The van der Waals surface area contributed by atoms with Crippen molar-refractivity contribution in [1.82, 2.24) is 5.32 Å². The molecule has 0 radical (unpaired) electrons. The molecule has 10 heteroatoms. The van der Waals surface area contributed by atoms with Gasteiger partial charge in [-0.15, -0.1) is 0 Å². The summed E-state index contributed by atoms with van der Waals surface area (Å²) in [7, 11) is 0. The summed E-state index contributed by atoms with van der Waals surface area (Å²) < 4.78 is 53.4. The third-order valence-electron chi connectivity index (χ3n) is 6.04. The van der Waals surface area contributed by atoms with Crippen LogP contribution in [0.5, 0.6) is 0 Å². The smallest absolute Gasteiger partial charge is 0.380 e. The maximum atomic E-state index is 13.8. The molecule has 0 aromatic heterocycles. The SMILES string of the molecule is O=C1NC(c2cc(F)ccc2Cl)c2c(NC(=O)C3(O)CCCC(C(F)(F)F)C3)cccc21. The number of rotatable bonds is 3. The number of nitrogens with one attached hydrogen (secondary N) is 2. The number of carbonyl (C=O) groups is 2. The van der Waals surface area contributed by atoms with E-state index in [-0.39, 0.29) is 41.1 Å². The van der Waals surface area contributed by atoms with Crippen molar-refractivity contribution in [1.29, 1.82) is 0 Å². The van der Waals surface area contributed by atoms with Gasteiger partial charge >= 0.3 is 6.18 Å². The van der Waals surface area contributed by atoms with E-state index in [0.717, 1.165) is 12.1 Å². The van der Waals surface area contributed by atoms with Gasteiger partial charge in [0.05, 0.1) is 12.0 Å². The van der Waals surface area contributed by atoms with Gasteiger partial charge in [-0.05, 0) is 56.0 Å². The molecule has 32 heavy (non-hydrogen) atoms. The first-order valence-corrected chi connectivity index (χ1v) is 10.4. The third-order valence-corrected chi connectivity index (χ3v) is 6.39. The van der Waals surface area contributed by atoms with Crippen LogP contribution < -0.4 is 10.6 Å². The first kappa shape index (κ1) is 22.5. The van der Waals surface area contributed by atoms with Gasteiger partial charge in [-0.1, -0.05) is 17.7 Å². The summed E-state index contributed by atoms with van der Waals surface area (Å²) in [4.78, 5) is 25.4. The highest BCUT2D eigenvalue weighted by Gasteiger charge is 2.50. The van der Waals surface area contributed by atoms with Crippen LogP contribution in [0.2, 0.25) is 5.02 Å². The van der Waals surface area contributed by atoms with E-state index in [1.165, 1.54) is 24.3 Å². The summed E-state index contributed by atoms with van der Waals surface area (Å²) in [6, 6.07) is 7.22. The molecule has 3 unspecified atom stereocenters. The fourth-order valence-corrected chi connectivity index (χ4v) is 4.64. The lowest BCUT2D eigenvalue weighted by Gasteiger charge is -2.36. The van der Waals surface area contributed by atoms with Crippen molar-refractivity contribution in [3.63, 3.8) is 0 Å². The zero-order chi connectivity index (χ0) is 23.3. The molecular formula is C22H19ClF4N2O3. The van der Waals surface area contributed by atoms with Crippen molar-refractivity contribution in [3.8, 4) is 0 Å². The van der Waals surface area contributed by atoms with Gasteiger partial charge in [0.25, 0.3) is 11.8 Å². The number of benzene rings is 2. The number of amides is 2. The molecule has 2 aromatic rings. The highest BCUT2D eigenvalue weighted by molar-refractivity contribution is 6.31. The Balaban J connectivity index is 1.67. The van der Waals surface area contributed by atoms with E-state index in [1.54, 1.807) is 0 Å². The maximum Gasteiger partial charge on any atom is 0.391 e. The number of hydrogen-bond acceptors (Lipinski definition) is 3. The molecule has 0 bridgehead atoms. The minimum atomic E-state index is -4.52. The van der Waals surface area contributed by atoms with Crippen molar-refractivity contribution in [2.75, 3.05) is 5.32 Å². The Morgan fingerprint density at radius 1 is 1.25 bits per heavy atom. The number of hydrogen-bond donors (Lipinski definition) is 3. The predicted molar refractivity (Wildman–Crippen MR) is 109 cm³/mol. The molecule has 0 spiro atoms. The second-order valence-electron chi connectivity index (χ2n) is 8.16. The Labute approximate surface area is 185 Å². The number of alkyl halides is 3. The second-order valence-corrected chi connectivity index (χ2v) is 8.57. The molecule has 2 amide bonds. The Morgan fingerprint density at radius 2 is 2.00 bits per heavy atom. The molecule has 1 heterocycles. The van der Waals surface area contributed by atoms with Crippen LogP contribution in [0.4, 0.5) is 23.2 Å². The number of carbonyl (C=O) groups excluding carboxylic acids is 2. The highest BCUT2D eigenvalue weighted by Crippen LogP contribution is 2.43. The first-order valence-electron chi connectivity index (χ1n) is 9.99. The minimum absolute atomic E-state index is 0.0442. The Kier molecular flexibility index (Phi) is 5.67. The third kappa shape index (κ3) is 4.06. The topological polar surface area (TPSA) is 78.4 Å². The van der Waals surface area contributed by atoms with Crippen LogP contribution in [-0.4, -0.2) is 28.7 Å². The van der Waals surface area contributed by atoms with Crippen LogP contribution in [0, 0.1) is 11.7 Å². The highest BCUT2D eigenvalue weighted by atomic mass is 35.5. The van der Waals surface area contributed by atoms with Gasteiger partial charge in [-0.2, -0.15) is 13.2 Å². The van der Waals surface area contributed by atoms with Crippen molar-refractivity contribution < 1.29 is 32.3 Å². The molecule has 3 atom stereocenters. The van der Waals surface area contributed by atoms with E-state index in [4.69, 9.17) is 11.6 Å². The van der Waals surface area contributed by atoms with Crippen LogP contribution >= 0.6 is 11.6 Å². The van der Waals surface area contributed by atoms with E-state index in [9.17, 15) is 32.3 Å². The molecule has 0 saturated heterocycles. The van der Waals surface area contributed by atoms with E-state index >= 15 is 0 Å².